The molecule has 0 saturated heterocycles. The summed E-state index contributed by atoms with van der Waals surface area (Å²) in [6.45, 7) is 12.2. The highest BCUT2D eigenvalue weighted by molar-refractivity contribution is 5.86. The van der Waals surface area contributed by atoms with E-state index < -0.39 is 6.10 Å². The molecule has 0 bridgehead atoms. The molecule has 3 nitrogen and oxygen atoms in total. The van der Waals surface area contributed by atoms with E-state index in [9.17, 15) is 9.90 Å². The van der Waals surface area contributed by atoms with E-state index in [1.54, 1.807) is 6.08 Å². The Hall–Kier alpha value is -1.19. The maximum absolute atomic E-state index is 12.2. The molecule has 0 radical (unpaired) electrons. The number of carbonyl (C=O) groups is 1. The van der Waals surface area contributed by atoms with Crippen LogP contribution >= 0.6 is 0 Å². The number of Topliss-reactive ketones (excluding diaryl/α,β-unsaturated/α-hetero) is 1. The molecule has 130 valence electrons. The van der Waals surface area contributed by atoms with Crippen LogP contribution in [0.25, 0.3) is 0 Å². The predicted molar refractivity (Wildman–Crippen MR) is 95.1 cm³/mol. The Kier molecular flexibility index (Phi) is 7.43. The Bertz CT molecular complexity index is 497. The van der Waals surface area contributed by atoms with E-state index >= 15 is 0 Å². The van der Waals surface area contributed by atoms with E-state index in [0.717, 1.165) is 30.4 Å². The van der Waals surface area contributed by atoms with Gasteiger partial charge in [-0.05, 0) is 45.4 Å². The first-order valence-electron chi connectivity index (χ1n) is 8.51. The van der Waals surface area contributed by atoms with Crippen molar-refractivity contribution in [2.75, 3.05) is 6.61 Å². The summed E-state index contributed by atoms with van der Waals surface area (Å²) >= 11 is 0. The average molecular weight is 320 g/mol. The Balaban J connectivity index is 2.62. The van der Waals surface area contributed by atoms with E-state index in [4.69, 9.17) is 5.11 Å². The van der Waals surface area contributed by atoms with Crippen molar-refractivity contribution in [2.45, 2.75) is 65.9 Å². The maximum atomic E-state index is 12.2. The summed E-state index contributed by atoms with van der Waals surface area (Å²) in [6, 6.07) is 0. The average Bonchev–Trinajstić information content (AvgIpc) is 2.43. The van der Waals surface area contributed by atoms with Crippen LogP contribution in [0.3, 0.4) is 0 Å². The molecule has 1 fully saturated rings. The van der Waals surface area contributed by atoms with Crippen molar-refractivity contribution in [3.8, 4) is 0 Å². The number of ketones is 1. The normalized spacial score (nSPS) is 24.0. The Morgan fingerprint density at radius 1 is 1.35 bits per heavy atom. The number of hydrogen-bond donors (Lipinski definition) is 2. The third kappa shape index (κ3) is 5.74. The zero-order valence-electron chi connectivity index (χ0n) is 15.1. The van der Waals surface area contributed by atoms with E-state index in [2.05, 4.69) is 6.58 Å². The van der Waals surface area contributed by atoms with Gasteiger partial charge in [-0.15, -0.1) is 0 Å². The Labute approximate surface area is 140 Å². The molecule has 2 N–H and O–H groups in total. The van der Waals surface area contributed by atoms with Crippen molar-refractivity contribution >= 4 is 5.78 Å². The first kappa shape index (κ1) is 19.9. The molecule has 0 aromatic heterocycles. The molecular formula is C20H32O3. The smallest absolute Gasteiger partial charge is 0.139 e. The van der Waals surface area contributed by atoms with Gasteiger partial charge in [0.15, 0.2) is 0 Å². The molecule has 2 atom stereocenters. The Morgan fingerprint density at radius 2 is 2.00 bits per heavy atom. The quantitative estimate of drug-likeness (QED) is 0.698. The monoisotopic (exact) mass is 320 g/mol. The van der Waals surface area contributed by atoms with Crippen molar-refractivity contribution in [3.05, 3.63) is 35.5 Å². The first-order chi connectivity index (χ1) is 10.7. The predicted octanol–water partition coefficient (Wildman–Crippen LogP) is 3.96. The van der Waals surface area contributed by atoms with Crippen LogP contribution in [-0.4, -0.2) is 28.7 Å². The highest BCUT2D eigenvalue weighted by Crippen LogP contribution is 2.43. The van der Waals surface area contributed by atoms with Crippen LogP contribution in [0.5, 0.6) is 0 Å². The molecule has 0 heterocycles. The van der Waals surface area contributed by atoms with Crippen LogP contribution in [0.4, 0.5) is 0 Å². The summed E-state index contributed by atoms with van der Waals surface area (Å²) in [4.78, 5) is 12.2. The van der Waals surface area contributed by atoms with Gasteiger partial charge in [-0.2, -0.15) is 0 Å². The highest BCUT2D eigenvalue weighted by Gasteiger charge is 2.40. The Morgan fingerprint density at radius 3 is 2.61 bits per heavy atom. The summed E-state index contributed by atoms with van der Waals surface area (Å²) in [7, 11) is 0. The number of hydrogen-bond acceptors (Lipinski definition) is 3. The second-order valence-electron chi connectivity index (χ2n) is 7.41. The molecule has 1 saturated carbocycles. The molecule has 0 spiro atoms. The topological polar surface area (TPSA) is 57.5 Å². The van der Waals surface area contributed by atoms with Gasteiger partial charge in [-0.25, -0.2) is 0 Å². The van der Waals surface area contributed by atoms with Crippen LogP contribution < -0.4 is 0 Å². The van der Waals surface area contributed by atoms with Gasteiger partial charge in [-0.1, -0.05) is 49.3 Å². The maximum Gasteiger partial charge on any atom is 0.139 e. The van der Waals surface area contributed by atoms with Crippen molar-refractivity contribution in [2.24, 2.45) is 11.3 Å². The lowest BCUT2D eigenvalue weighted by molar-refractivity contribution is -0.130. The standard InChI is InChI=1S/C20H32O3/c1-14(12-17(22)13-15(2)10-11-21)6-8-18-16(3)7-9-19(23)20(18,4)5/h10,12,17-18,21-22H,3,6-9,11,13H2,1-2,4-5H3/b14-12+,15-10+/t17?,18-/m0/s1. The summed E-state index contributed by atoms with van der Waals surface area (Å²) in [5.74, 6) is 0.557. The molecule has 1 aliphatic carbocycles. The van der Waals surface area contributed by atoms with Gasteiger partial charge in [0, 0.05) is 11.8 Å². The summed E-state index contributed by atoms with van der Waals surface area (Å²) < 4.78 is 0. The molecule has 0 aromatic rings. The number of rotatable bonds is 7. The van der Waals surface area contributed by atoms with Gasteiger partial charge in [0.2, 0.25) is 0 Å². The summed E-state index contributed by atoms with van der Waals surface area (Å²) in [5, 5.41) is 18.9. The lowest BCUT2D eigenvalue weighted by Gasteiger charge is -2.39. The van der Waals surface area contributed by atoms with Gasteiger partial charge in [-0.3, -0.25) is 4.79 Å². The van der Waals surface area contributed by atoms with E-state index in [0.29, 0.717) is 18.6 Å². The lowest BCUT2D eigenvalue weighted by Crippen LogP contribution is -2.38. The van der Waals surface area contributed by atoms with E-state index in [1.807, 2.05) is 33.8 Å². The lowest BCUT2D eigenvalue weighted by atomic mass is 9.64. The van der Waals surface area contributed by atoms with Gasteiger partial charge < -0.3 is 10.2 Å². The summed E-state index contributed by atoms with van der Waals surface area (Å²) in [6.07, 6.45) is 6.80. The molecule has 1 rings (SSSR count). The van der Waals surface area contributed by atoms with Crippen LogP contribution in [0.2, 0.25) is 0 Å². The minimum atomic E-state index is -0.526. The fourth-order valence-corrected chi connectivity index (χ4v) is 3.45. The number of aliphatic hydroxyl groups is 2. The zero-order valence-corrected chi connectivity index (χ0v) is 15.1. The van der Waals surface area contributed by atoms with Crippen molar-refractivity contribution < 1.29 is 15.0 Å². The molecule has 0 amide bonds. The zero-order chi connectivity index (χ0) is 17.6. The van der Waals surface area contributed by atoms with Crippen molar-refractivity contribution in [3.63, 3.8) is 0 Å². The van der Waals surface area contributed by atoms with Gasteiger partial charge in [0.1, 0.15) is 5.78 Å². The summed E-state index contributed by atoms with van der Waals surface area (Å²) in [5.41, 5.74) is 2.98. The van der Waals surface area contributed by atoms with Crippen molar-refractivity contribution in [1.29, 1.82) is 0 Å². The molecular weight excluding hydrogens is 288 g/mol. The van der Waals surface area contributed by atoms with Crippen LogP contribution in [0, 0.1) is 11.3 Å². The highest BCUT2D eigenvalue weighted by atomic mass is 16.3. The largest absolute Gasteiger partial charge is 0.392 e. The minimum Gasteiger partial charge on any atom is -0.392 e. The molecule has 0 aromatic carbocycles. The molecule has 23 heavy (non-hydrogen) atoms. The fourth-order valence-electron chi connectivity index (χ4n) is 3.45. The second kappa shape index (κ2) is 8.60. The minimum absolute atomic E-state index is 0.00809. The second-order valence-corrected chi connectivity index (χ2v) is 7.41. The van der Waals surface area contributed by atoms with Crippen LogP contribution in [0.1, 0.15) is 59.8 Å². The SMILES string of the molecule is C=C1CCC(=O)C(C)(C)[C@H]1CC/C(C)=C/C(O)C/C(C)=C/CO. The molecule has 3 heteroatoms. The number of allylic oxidation sites excluding steroid dienone is 2. The molecule has 1 aliphatic rings. The number of carbonyl (C=O) groups excluding carboxylic acids is 1. The van der Waals surface area contributed by atoms with Gasteiger partial charge in [0.05, 0.1) is 12.7 Å². The van der Waals surface area contributed by atoms with Gasteiger partial charge in [0.25, 0.3) is 0 Å². The van der Waals surface area contributed by atoms with Crippen LogP contribution in [0.15, 0.2) is 35.5 Å². The molecule has 0 aliphatic heterocycles. The first-order valence-corrected chi connectivity index (χ1v) is 8.51. The molecule has 1 unspecified atom stereocenters. The third-order valence-corrected chi connectivity index (χ3v) is 5.03. The van der Waals surface area contributed by atoms with E-state index in [1.165, 1.54) is 5.57 Å². The van der Waals surface area contributed by atoms with Gasteiger partial charge >= 0.3 is 0 Å². The van der Waals surface area contributed by atoms with Crippen LogP contribution in [-0.2, 0) is 4.79 Å². The third-order valence-electron chi connectivity index (χ3n) is 5.03. The fraction of sp³-hybridized carbons (Fsp3) is 0.650. The van der Waals surface area contributed by atoms with Crippen molar-refractivity contribution in [1.82, 2.24) is 0 Å². The van der Waals surface area contributed by atoms with E-state index in [-0.39, 0.29) is 17.9 Å². The number of aliphatic hydroxyl groups excluding tert-OH is 2.